The van der Waals surface area contributed by atoms with Crippen LogP contribution in [0.1, 0.15) is 57.9 Å². The first kappa shape index (κ1) is 16.2. The van der Waals surface area contributed by atoms with Gasteiger partial charge in [-0.05, 0) is 43.9 Å². The smallest absolute Gasteiger partial charge is 0.0299 e. The highest BCUT2D eigenvalue weighted by Gasteiger charge is 2.13. The van der Waals surface area contributed by atoms with Crippen molar-refractivity contribution in [2.45, 2.75) is 64.8 Å². The molecule has 19 heavy (non-hydrogen) atoms. The van der Waals surface area contributed by atoms with Crippen molar-refractivity contribution >= 4 is 0 Å². The van der Waals surface area contributed by atoms with Crippen molar-refractivity contribution in [1.29, 1.82) is 0 Å². The number of aryl methyl sites for hydroxylation is 1. The SMILES string of the molecule is CCCCC(CC)CC(CCc1cccnc1)NC. The fourth-order valence-corrected chi connectivity index (χ4v) is 2.65. The van der Waals surface area contributed by atoms with Crippen LogP contribution in [0.25, 0.3) is 0 Å². The van der Waals surface area contributed by atoms with Crippen LogP contribution in [-0.4, -0.2) is 18.1 Å². The minimum absolute atomic E-state index is 0.641. The predicted octanol–water partition coefficient (Wildman–Crippen LogP) is 4.21. The molecule has 0 aliphatic carbocycles. The average molecular weight is 262 g/mol. The Kier molecular flexibility index (Phi) is 8.48. The molecule has 0 aromatic carbocycles. The Balaban J connectivity index is 2.35. The first-order valence-corrected chi connectivity index (χ1v) is 7.86. The van der Waals surface area contributed by atoms with E-state index in [0.717, 1.165) is 12.3 Å². The van der Waals surface area contributed by atoms with E-state index in [2.05, 4.69) is 37.3 Å². The quantitative estimate of drug-likeness (QED) is 0.683. The molecule has 2 nitrogen and oxygen atoms in total. The van der Waals surface area contributed by atoms with Crippen LogP contribution in [0.5, 0.6) is 0 Å². The van der Waals surface area contributed by atoms with Crippen LogP contribution in [0.3, 0.4) is 0 Å². The van der Waals surface area contributed by atoms with Crippen LogP contribution in [0.2, 0.25) is 0 Å². The maximum atomic E-state index is 4.19. The van der Waals surface area contributed by atoms with Gasteiger partial charge in [-0.25, -0.2) is 0 Å². The van der Waals surface area contributed by atoms with Crippen LogP contribution < -0.4 is 5.32 Å². The average Bonchev–Trinajstić information content (AvgIpc) is 2.47. The topological polar surface area (TPSA) is 24.9 Å². The van der Waals surface area contributed by atoms with Gasteiger partial charge in [0.15, 0.2) is 0 Å². The Labute approximate surface area is 119 Å². The zero-order valence-electron chi connectivity index (χ0n) is 12.9. The molecule has 0 fully saturated rings. The largest absolute Gasteiger partial charge is 0.317 e. The number of pyridine rings is 1. The molecule has 0 radical (unpaired) electrons. The summed E-state index contributed by atoms with van der Waals surface area (Å²) in [5.74, 6) is 0.881. The van der Waals surface area contributed by atoms with E-state index in [0.29, 0.717) is 6.04 Å². The maximum Gasteiger partial charge on any atom is 0.0299 e. The Morgan fingerprint density at radius 1 is 1.26 bits per heavy atom. The Morgan fingerprint density at radius 2 is 2.11 bits per heavy atom. The van der Waals surface area contributed by atoms with Gasteiger partial charge in [0, 0.05) is 18.4 Å². The second-order valence-electron chi connectivity index (χ2n) is 5.54. The zero-order chi connectivity index (χ0) is 13.9. The lowest BCUT2D eigenvalue weighted by atomic mass is 9.90. The van der Waals surface area contributed by atoms with Crippen LogP contribution in [0.15, 0.2) is 24.5 Å². The number of aromatic nitrogens is 1. The Bertz CT molecular complexity index is 310. The van der Waals surface area contributed by atoms with E-state index in [-0.39, 0.29) is 0 Å². The third-order valence-corrected chi connectivity index (χ3v) is 4.07. The first-order chi connectivity index (χ1) is 9.30. The van der Waals surface area contributed by atoms with Crippen molar-refractivity contribution in [2.75, 3.05) is 7.05 Å². The van der Waals surface area contributed by atoms with E-state index < -0.39 is 0 Å². The summed E-state index contributed by atoms with van der Waals surface area (Å²) in [5, 5.41) is 3.49. The van der Waals surface area contributed by atoms with Crippen molar-refractivity contribution in [1.82, 2.24) is 10.3 Å². The van der Waals surface area contributed by atoms with Gasteiger partial charge >= 0.3 is 0 Å². The molecule has 0 aliphatic rings. The molecule has 2 heteroatoms. The van der Waals surface area contributed by atoms with Gasteiger partial charge in [-0.15, -0.1) is 0 Å². The summed E-state index contributed by atoms with van der Waals surface area (Å²) in [7, 11) is 2.10. The molecule has 0 spiro atoms. The van der Waals surface area contributed by atoms with E-state index in [1.807, 2.05) is 18.5 Å². The van der Waals surface area contributed by atoms with Crippen molar-refractivity contribution in [3.8, 4) is 0 Å². The van der Waals surface area contributed by atoms with Gasteiger partial charge < -0.3 is 5.32 Å². The molecule has 1 N–H and O–H groups in total. The van der Waals surface area contributed by atoms with Crippen molar-refractivity contribution in [2.24, 2.45) is 5.92 Å². The molecule has 108 valence electrons. The molecular formula is C17H30N2. The summed E-state index contributed by atoms with van der Waals surface area (Å²) in [4.78, 5) is 4.19. The van der Waals surface area contributed by atoms with Crippen LogP contribution in [-0.2, 0) is 6.42 Å². The molecule has 1 aromatic rings. The minimum atomic E-state index is 0.641. The van der Waals surface area contributed by atoms with E-state index in [1.165, 1.54) is 44.1 Å². The highest BCUT2D eigenvalue weighted by molar-refractivity contribution is 5.08. The molecule has 0 amide bonds. The van der Waals surface area contributed by atoms with Gasteiger partial charge in [-0.3, -0.25) is 4.98 Å². The summed E-state index contributed by atoms with van der Waals surface area (Å²) < 4.78 is 0. The minimum Gasteiger partial charge on any atom is -0.317 e. The van der Waals surface area contributed by atoms with Crippen LogP contribution in [0.4, 0.5) is 0 Å². The molecule has 0 saturated heterocycles. The van der Waals surface area contributed by atoms with E-state index in [1.54, 1.807) is 0 Å². The van der Waals surface area contributed by atoms with Gasteiger partial charge in [0.05, 0.1) is 0 Å². The predicted molar refractivity (Wildman–Crippen MR) is 83.3 cm³/mol. The lowest BCUT2D eigenvalue weighted by Crippen LogP contribution is -2.28. The standard InChI is InChI=1S/C17H30N2/c1-4-6-8-15(5-2)13-17(18-3)11-10-16-9-7-12-19-14-16/h7,9,12,14-15,17-18H,4-6,8,10-11,13H2,1-3H3. The van der Waals surface area contributed by atoms with Crippen molar-refractivity contribution < 1.29 is 0 Å². The Hall–Kier alpha value is -0.890. The molecular weight excluding hydrogens is 232 g/mol. The third kappa shape index (κ3) is 6.72. The molecule has 0 aliphatic heterocycles. The fraction of sp³-hybridized carbons (Fsp3) is 0.706. The summed E-state index contributed by atoms with van der Waals surface area (Å²) in [5.41, 5.74) is 1.35. The molecule has 2 atom stereocenters. The molecule has 1 rings (SSSR count). The second-order valence-corrected chi connectivity index (χ2v) is 5.54. The second kappa shape index (κ2) is 9.96. The summed E-state index contributed by atoms with van der Waals surface area (Å²) >= 11 is 0. The van der Waals surface area contributed by atoms with E-state index in [4.69, 9.17) is 0 Å². The van der Waals surface area contributed by atoms with Crippen molar-refractivity contribution in [3.05, 3.63) is 30.1 Å². The maximum absolute atomic E-state index is 4.19. The summed E-state index contributed by atoms with van der Waals surface area (Å²) in [6, 6.07) is 4.84. The number of rotatable bonds is 10. The van der Waals surface area contributed by atoms with Gasteiger partial charge in [-0.2, -0.15) is 0 Å². The number of nitrogens with one attached hydrogen (secondary N) is 1. The lowest BCUT2D eigenvalue weighted by Gasteiger charge is -2.22. The van der Waals surface area contributed by atoms with Crippen LogP contribution >= 0.6 is 0 Å². The van der Waals surface area contributed by atoms with Gasteiger partial charge in [0.2, 0.25) is 0 Å². The number of hydrogen-bond acceptors (Lipinski definition) is 2. The normalized spacial score (nSPS) is 14.3. The summed E-state index contributed by atoms with van der Waals surface area (Å²) in [6.07, 6.45) is 12.9. The molecule has 1 heterocycles. The highest BCUT2D eigenvalue weighted by Crippen LogP contribution is 2.20. The van der Waals surface area contributed by atoms with Crippen LogP contribution in [0, 0.1) is 5.92 Å². The monoisotopic (exact) mass is 262 g/mol. The van der Waals surface area contributed by atoms with Crippen molar-refractivity contribution in [3.63, 3.8) is 0 Å². The molecule has 2 unspecified atom stereocenters. The Morgan fingerprint density at radius 3 is 2.68 bits per heavy atom. The fourth-order valence-electron chi connectivity index (χ4n) is 2.65. The molecule has 0 saturated carbocycles. The van der Waals surface area contributed by atoms with Gasteiger partial charge in [-0.1, -0.05) is 45.6 Å². The summed E-state index contributed by atoms with van der Waals surface area (Å²) in [6.45, 7) is 4.61. The van der Waals surface area contributed by atoms with Gasteiger partial charge in [0.25, 0.3) is 0 Å². The number of nitrogens with zero attached hydrogens (tertiary/aromatic N) is 1. The van der Waals surface area contributed by atoms with E-state index in [9.17, 15) is 0 Å². The van der Waals surface area contributed by atoms with Gasteiger partial charge in [0.1, 0.15) is 0 Å². The first-order valence-electron chi connectivity index (χ1n) is 7.86. The lowest BCUT2D eigenvalue weighted by molar-refractivity contribution is 0.349. The van der Waals surface area contributed by atoms with E-state index >= 15 is 0 Å². The molecule has 0 bridgehead atoms. The number of unbranched alkanes of at least 4 members (excludes halogenated alkanes) is 1. The highest BCUT2D eigenvalue weighted by atomic mass is 14.9. The third-order valence-electron chi connectivity index (χ3n) is 4.07. The zero-order valence-corrected chi connectivity index (χ0v) is 12.9. The molecule has 1 aromatic heterocycles. The number of hydrogen-bond donors (Lipinski definition) is 1.